The number of likely N-dealkylation sites (tertiary alicyclic amines) is 1. The van der Waals surface area contributed by atoms with E-state index in [4.69, 9.17) is 11.5 Å². The number of hydrogen-bond donors (Lipinski definition) is 6. The van der Waals surface area contributed by atoms with Crippen LogP contribution in [0.25, 0.3) is 5.76 Å². The molecule has 3 aliphatic carbocycles. The first-order valence-corrected chi connectivity index (χ1v) is 12.8. The molecule has 0 bridgehead atoms. The third-order valence-corrected chi connectivity index (χ3v) is 9.08. The SMILES string of the molecule is CN1CCC2CNc3c(O)c4c(c(OC(F)(F)F)c3C21)C[C@H]1C[C@@H]2C(C(=O)C(C(N)=O)=C(O)[C@H]2N)C(=O)C1=C4O. The van der Waals surface area contributed by atoms with Crippen LogP contribution in [0.1, 0.15) is 35.6 Å². The van der Waals surface area contributed by atoms with Crippen molar-refractivity contribution in [2.45, 2.75) is 37.7 Å². The van der Waals surface area contributed by atoms with Gasteiger partial charge in [0.25, 0.3) is 5.91 Å². The number of nitrogens with zero attached hydrogens (tertiary/aromatic N) is 1. The van der Waals surface area contributed by atoms with E-state index in [0.717, 1.165) is 0 Å². The summed E-state index contributed by atoms with van der Waals surface area (Å²) in [6, 6.07) is -1.81. The number of phenolic OH excluding ortho intramolecular Hbond substituents is 1. The molecule has 214 valence electrons. The average molecular weight is 565 g/mol. The number of amides is 1. The van der Waals surface area contributed by atoms with Gasteiger partial charge in [0.05, 0.1) is 23.2 Å². The third-order valence-electron chi connectivity index (χ3n) is 9.08. The van der Waals surface area contributed by atoms with Crippen molar-refractivity contribution in [3.8, 4) is 11.5 Å². The normalized spacial score (nSPS) is 31.6. The summed E-state index contributed by atoms with van der Waals surface area (Å²) in [5.41, 5.74) is 9.88. The van der Waals surface area contributed by atoms with Crippen molar-refractivity contribution in [3.05, 3.63) is 33.6 Å². The number of benzene rings is 1. The number of nitrogens with one attached hydrogen (secondary N) is 1. The van der Waals surface area contributed by atoms with Gasteiger partial charge in [-0.2, -0.15) is 0 Å². The summed E-state index contributed by atoms with van der Waals surface area (Å²) in [6.45, 7) is 0.978. The van der Waals surface area contributed by atoms with Crippen LogP contribution in [0.3, 0.4) is 0 Å². The number of primary amides is 1. The zero-order valence-corrected chi connectivity index (χ0v) is 21.2. The number of rotatable bonds is 2. The van der Waals surface area contributed by atoms with Crippen molar-refractivity contribution >= 4 is 28.9 Å². The Balaban J connectivity index is 1.56. The number of halogens is 3. The molecular weight excluding hydrogens is 537 g/mol. The van der Waals surface area contributed by atoms with Gasteiger partial charge in [-0.1, -0.05) is 0 Å². The van der Waals surface area contributed by atoms with Gasteiger partial charge in [-0.05, 0) is 50.6 Å². The second-order valence-electron chi connectivity index (χ2n) is 11.1. The van der Waals surface area contributed by atoms with Gasteiger partial charge in [0.2, 0.25) is 0 Å². The number of nitrogens with two attached hydrogens (primary N) is 2. The number of aliphatic hydroxyl groups excluding tert-OH is 2. The predicted molar refractivity (Wildman–Crippen MR) is 132 cm³/mol. The molecule has 6 rings (SSSR count). The van der Waals surface area contributed by atoms with Gasteiger partial charge in [-0.15, -0.1) is 13.2 Å². The fourth-order valence-corrected chi connectivity index (χ4v) is 7.45. The Morgan fingerprint density at radius 3 is 2.52 bits per heavy atom. The molecule has 0 spiro atoms. The number of alkyl halides is 3. The lowest BCUT2D eigenvalue weighted by atomic mass is 9.59. The van der Waals surface area contributed by atoms with Crippen LogP contribution in [-0.2, 0) is 20.8 Å². The molecule has 1 saturated carbocycles. The van der Waals surface area contributed by atoms with Crippen LogP contribution in [0, 0.1) is 23.7 Å². The van der Waals surface area contributed by atoms with Crippen molar-refractivity contribution in [1.82, 2.24) is 4.90 Å². The molecule has 40 heavy (non-hydrogen) atoms. The summed E-state index contributed by atoms with van der Waals surface area (Å²) in [5, 5.41) is 36.1. The van der Waals surface area contributed by atoms with E-state index in [1.54, 1.807) is 7.05 Å². The minimum Gasteiger partial charge on any atom is -0.510 e. The average Bonchev–Trinajstić information content (AvgIpc) is 3.24. The molecular formula is C26H27F3N4O7. The van der Waals surface area contributed by atoms with Crippen LogP contribution in [0.4, 0.5) is 18.9 Å². The highest BCUT2D eigenvalue weighted by molar-refractivity contribution is 6.28. The maximum atomic E-state index is 13.8. The second-order valence-corrected chi connectivity index (χ2v) is 11.1. The molecule has 0 aromatic heterocycles. The highest BCUT2D eigenvalue weighted by Crippen LogP contribution is 2.58. The number of aliphatic hydroxyl groups is 2. The Morgan fingerprint density at radius 2 is 1.88 bits per heavy atom. The Kier molecular flexibility index (Phi) is 5.69. The number of ether oxygens (including phenoxy) is 1. The van der Waals surface area contributed by atoms with Crippen LogP contribution in [0.2, 0.25) is 0 Å². The molecule has 2 aliphatic heterocycles. The maximum absolute atomic E-state index is 13.8. The lowest BCUT2D eigenvalue weighted by Gasteiger charge is -2.44. The summed E-state index contributed by atoms with van der Waals surface area (Å²) >= 11 is 0. The standard InChI is InChI=1S/C26H27F3N4O7/c1-33-3-2-7-6-32-17-14(18(7)33)24(40-26(27,28)29)10-5-8-4-9-12(19(34)11(8)20(35)13(10)23(17)38)21(36)15(25(31)39)22(37)16(9)30/h7-9,12,16,18,32,35,37-38H,2-6,30H2,1H3,(H2,31,39)/t7?,8-,9-,12?,16+,18?/m1/s1. The van der Waals surface area contributed by atoms with Gasteiger partial charge in [-0.3, -0.25) is 19.3 Å². The number of Topliss-reactive ketones (excluding diaryl/α,β-unsaturated/α-hetero) is 2. The number of carbonyl (C=O) groups excluding carboxylic acids is 3. The largest absolute Gasteiger partial charge is 0.573 e. The molecule has 8 N–H and O–H groups in total. The van der Waals surface area contributed by atoms with Crippen molar-refractivity contribution < 1.29 is 47.6 Å². The Hall–Kier alpha value is -3.78. The van der Waals surface area contributed by atoms with Crippen molar-refractivity contribution in [2.75, 3.05) is 25.5 Å². The lowest BCUT2D eigenvalue weighted by molar-refractivity contribution is -0.275. The monoisotopic (exact) mass is 564 g/mol. The maximum Gasteiger partial charge on any atom is 0.573 e. The molecule has 2 fully saturated rings. The minimum atomic E-state index is -5.10. The Morgan fingerprint density at radius 1 is 1.18 bits per heavy atom. The summed E-state index contributed by atoms with van der Waals surface area (Å²) in [4.78, 5) is 40.5. The van der Waals surface area contributed by atoms with Crippen LogP contribution in [-0.4, -0.2) is 70.2 Å². The molecule has 6 atom stereocenters. The van der Waals surface area contributed by atoms with E-state index in [0.29, 0.717) is 19.5 Å². The molecule has 1 amide bonds. The topological polar surface area (TPSA) is 188 Å². The lowest BCUT2D eigenvalue weighted by Crippen LogP contribution is -2.54. The predicted octanol–water partition coefficient (Wildman–Crippen LogP) is 1.56. The van der Waals surface area contributed by atoms with Crippen molar-refractivity contribution in [2.24, 2.45) is 35.1 Å². The van der Waals surface area contributed by atoms with Crippen molar-refractivity contribution in [3.63, 3.8) is 0 Å². The van der Waals surface area contributed by atoms with E-state index in [-0.39, 0.29) is 46.7 Å². The van der Waals surface area contributed by atoms with E-state index < -0.39 is 82.3 Å². The van der Waals surface area contributed by atoms with E-state index in [9.17, 15) is 42.9 Å². The van der Waals surface area contributed by atoms with Gasteiger partial charge in [-0.25, -0.2) is 0 Å². The molecule has 5 aliphatic rings. The molecule has 1 saturated heterocycles. The summed E-state index contributed by atoms with van der Waals surface area (Å²) in [7, 11) is 1.77. The number of carbonyl (C=O) groups is 3. The molecule has 1 aromatic rings. The van der Waals surface area contributed by atoms with Gasteiger partial charge in [0.1, 0.15) is 22.8 Å². The van der Waals surface area contributed by atoms with E-state index in [1.165, 1.54) is 0 Å². The summed E-state index contributed by atoms with van der Waals surface area (Å²) in [5.74, 6) is -9.31. The van der Waals surface area contributed by atoms with Gasteiger partial charge in [0, 0.05) is 29.3 Å². The zero-order chi connectivity index (χ0) is 29.0. The number of ketones is 2. The van der Waals surface area contributed by atoms with Crippen LogP contribution < -0.4 is 21.5 Å². The summed E-state index contributed by atoms with van der Waals surface area (Å²) < 4.78 is 46.0. The quantitative estimate of drug-likeness (QED) is 0.175. The molecule has 2 heterocycles. The fourth-order valence-electron chi connectivity index (χ4n) is 7.45. The van der Waals surface area contributed by atoms with Crippen LogP contribution in [0.15, 0.2) is 16.9 Å². The van der Waals surface area contributed by atoms with Crippen molar-refractivity contribution in [1.29, 1.82) is 0 Å². The first kappa shape index (κ1) is 26.4. The number of phenols is 1. The molecule has 1 aromatic carbocycles. The molecule has 3 unspecified atom stereocenters. The molecule has 14 heteroatoms. The second kappa shape index (κ2) is 8.61. The first-order chi connectivity index (χ1) is 18.7. The summed E-state index contributed by atoms with van der Waals surface area (Å²) in [6.07, 6.45) is -4.71. The number of aromatic hydroxyl groups is 1. The highest BCUT2D eigenvalue weighted by atomic mass is 19.4. The Labute approximate surface area is 225 Å². The highest BCUT2D eigenvalue weighted by Gasteiger charge is 2.55. The minimum absolute atomic E-state index is 0.0284. The molecule has 11 nitrogen and oxygen atoms in total. The van der Waals surface area contributed by atoms with E-state index >= 15 is 0 Å². The molecule has 0 radical (unpaired) electrons. The third kappa shape index (κ3) is 3.54. The fraction of sp³-hybridized carbons (Fsp3) is 0.500. The van der Waals surface area contributed by atoms with Gasteiger partial charge in [0.15, 0.2) is 17.3 Å². The number of fused-ring (bicyclic) bond motifs is 6. The smallest absolute Gasteiger partial charge is 0.510 e. The van der Waals surface area contributed by atoms with Crippen LogP contribution >= 0.6 is 0 Å². The number of anilines is 1. The number of hydrogen-bond acceptors (Lipinski definition) is 10. The zero-order valence-electron chi connectivity index (χ0n) is 21.2. The van der Waals surface area contributed by atoms with Gasteiger partial charge >= 0.3 is 6.36 Å². The van der Waals surface area contributed by atoms with Crippen LogP contribution in [0.5, 0.6) is 11.5 Å². The number of allylic oxidation sites excluding steroid dienone is 1. The Bertz CT molecular complexity index is 1450. The van der Waals surface area contributed by atoms with E-state index in [2.05, 4.69) is 10.1 Å². The van der Waals surface area contributed by atoms with E-state index in [1.807, 2.05) is 4.90 Å². The van der Waals surface area contributed by atoms with Gasteiger partial charge < -0.3 is 36.8 Å². The first-order valence-electron chi connectivity index (χ1n) is 12.8.